The van der Waals surface area contributed by atoms with Crippen molar-refractivity contribution in [3.05, 3.63) is 48.0 Å². The normalized spacial score (nSPS) is 27.8. The molecular formula is C22H30N4O2. The van der Waals surface area contributed by atoms with Gasteiger partial charge in [-0.25, -0.2) is 4.98 Å². The number of hydrogen-bond acceptors (Lipinski definition) is 4. The second-order valence-electron chi connectivity index (χ2n) is 8.31. The maximum Gasteiger partial charge on any atom is 0.223 e. The van der Waals surface area contributed by atoms with Crippen LogP contribution in [0.4, 0.5) is 0 Å². The lowest BCUT2D eigenvalue weighted by atomic mass is 9.65. The predicted molar refractivity (Wildman–Crippen MR) is 108 cm³/mol. The fourth-order valence-electron chi connectivity index (χ4n) is 5.01. The van der Waals surface area contributed by atoms with Gasteiger partial charge in [0.25, 0.3) is 0 Å². The number of methoxy groups -OCH3 is 1. The zero-order valence-corrected chi connectivity index (χ0v) is 16.7. The molecule has 0 aliphatic heterocycles. The summed E-state index contributed by atoms with van der Waals surface area (Å²) in [4.78, 5) is 17.7. The van der Waals surface area contributed by atoms with E-state index in [2.05, 4.69) is 10.3 Å². The third kappa shape index (κ3) is 3.65. The Morgan fingerprint density at radius 3 is 2.50 bits per heavy atom. The minimum absolute atomic E-state index is 0.0381. The van der Waals surface area contributed by atoms with Crippen molar-refractivity contribution in [3.63, 3.8) is 0 Å². The van der Waals surface area contributed by atoms with Crippen molar-refractivity contribution in [1.82, 2.24) is 14.9 Å². The summed E-state index contributed by atoms with van der Waals surface area (Å²) in [5.74, 6) is 2.74. The zero-order valence-electron chi connectivity index (χ0n) is 16.7. The summed E-state index contributed by atoms with van der Waals surface area (Å²) >= 11 is 0. The van der Waals surface area contributed by atoms with Crippen molar-refractivity contribution < 1.29 is 9.53 Å². The molecule has 2 bridgehead atoms. The topological polar surface area (TPSA) is 82.2 Å². The van der Waals surface area contributed by atoms with Gasteiger partial charge in [-0.3, -0.25) is 4.79 Å². The molecular weight excluding hydrogens is 352 g/mol. The summed E-state index contributed by atoms with van der Waals surface area (Å²) in [6.07, 6.45) is 9.04. The van der Waals surface area contributed by atoms with E-state index in [9.17, 15) is 4.79 Å². The molecule has 6 heteroatoms. The molecule has 2 aliphatic rings. The average molecular weight is 383 g/mol. The van der Waals surface area contributed by atoms with Crippen LogP contribution in [0.3, 0.4) is 0 Å². The molecule has 6 nitrogen and oxygen atoms in total. The molecule has 1 aromatic carbocycles. The maximum atomic E-state index is 13.2. The highest BCUT2D eigenvalue weighted by Crippen LogP contribution is 2.42. The SMILES string of the molecule is COc1ccc(C(NC(=O)C2CC3CCCC(C2)C3N)c2nccn2C)cc1. The van der Waals surface area contributed by atoms with Crippen molar-refractivity contribution in [2.75, 3.05) is 7.11 Å². The molecule has 2 aliphatic carbocycles. The summed E-state index contributed by atoms with van der Waals surface area (Å²) in [5, 5.41) is 3.28. The molecule has 3 atom stereocenters. The summed E-state index contributed by atoms with van der Waals surface area (Å²) in [7, 11) is 3.60. The van der Waals surface area contributed by atoms with Crippen LogP contribution in [0.1, 0.15) is 49.5 Å². The van der Waals surface area contributed by atoms with Gasteiger partial charge < -0.3 is 20.4 Å². The zero-order chi connectivity index (χ0) is 19.7. The van der Waals surface area contributed by atoms with Crippen LogP contribution in [0.25, 0.3) is 0 Å². The molecule has 0 radical (unpaired) electrons. The summed E-state index contributed by atoms with van der Waals surface area (Å²) in [6.45, 7) is 0. The number of aryl methyl sites for hydroxylation is 1. The number of imidazole rings is 1. The molecule has 28 heavy (non-hydrogen) atoms. The van der Waals surface area contributed by atoms with Gasteiger partial charge in [-0.05, 0) is 55.2 Å². The van der Waals surface area contributed by atoms with Gasteiger partial charge in [-0.15, -0.1) is 0 Å². The first-order chi connectivity index (χ1) is 13.6. The van der Waals surface area contributed by atoms with Crippen molar-refractivity contribution >= 4 is 5.91 Å². The number of nitrogens with two attached hydrogens (primary N) is 1. The molecule has 0 saturated heterocycles. The average Bonchev–Trinajstić information content (AvgIpc) is 3.11. The van der Waals surface area contributed by atoms with Crippen LogP contribution < -0.4 is 15.8 Å². The smallest absolute Gasteiger partial charge is 0.223 e. The van der Waals surface area contributed by atoms with E-state index in [1.54, 1.807) is 13.3 Å². The van der Waals surface area contributed by atoms with Gasteiger partial charge in [-0.1, -0.05) is 18.6 Å². The molecule has 0 spiro atoms. The van der Waals surface area contributed by atoms with Crippen molar-refractivity contribution in [2.45, 2.75) is 44.2 Å². The highest BCUT2D eigenvalue weighted by atomic mass is 16.5. The molecule has 150 valence electrons. The maximum absolute atomic E-state index is 13.2. The van der Waals surface area contributed by atoms with Crippen LogP contribution in [-0.2, 0) is 11.8 Å². The van der Waals surface area contributed by atoms with Gasteiger partial charge in [0.1, 0.15) is 17.6 Å². The lowest BCUT2D eigenvalue weighted by molar-refractivity contribution is -0.128. The highest BCUT2D eigenvalue weighted by molar-refractivity contribution is 5.79. The largest absolute Gasteiger partial charge is 0.497 e. The highest BCUT2D eigenvalue weighted by Gasteiger charge is 2.41. The molecule has 1 heterocycles. The minimum atomic E-state index is -0.283. The fourth-order valence-corrected chi connectivity index (χ4v) is 5.01. The van der Waals surface area contributed by atoms with Crippen molar-refractivity contribution in [1.29, 1.82) is 0 Å². The van der Waals surface area contributed by atoms with Crippen molar-refractivity contribution in [3.8, 4) is 5.75 Å². The minimum Gasteiger partial charge on any atom is -0.497 e. The lowest BCUT2D eigenvalue weighted by Crippen LogP contribution is -2.49. The number of carbonyl (C=O) groups is 1. The Kier molecular flexibility index (Phi) is 5.40. The second kappa shape index (κ2) is 7.95. The first kappa shape index (κ1) is 19.0. The number of rotatable bonds is 5. The Labute approximate surface area is 166 Å². The molecule has 1 aromatic heterocycles. The Hall–Kier alpha value is -2.34. The molecule has 3 unspecified atom stereocenters. The van der Waals surface area contributed by atoms with E-state index in [0.717, 1.165) is 42.8 Å². The van der Waals surface area contributed by atoms with E-state index in [1.807, 2.05) is 42.1 Å². The first-order valence-electron chi connectivity index (χ1n) is 10.2. The van der Waals surface area contributed by atoms with Gasteiger partial charge in [0.2, 0.25) is 5.91 Å². The van der Waals surface area contributed by atoms with Gasteiger partial charge in [0.15, 0.2) is 0 Å². The molecule has 4 rings (SSSR count). The third-order valence-corrected chi connectivity index (χ3v) is 6.64. The number of benzene rings is 1. The number of nitrogens with zero attached hydrogens (tertiary/aromatic N) is 2. The van der Waals surface area contributed by atoms with E-state index in [-0.39, 0.29) is 23.9 Å². The van der Waals surface area contributed by atoms with E-state index in [4.69, 9.17) is 10.5 Å². The number of hydrogen-bond donors (Lipinski definition) is 2. The van der Waals surface area contributed by atoms with Crippen LogP contribution in [-0.4, -0.2) is 28.6 Å². The lowest BCUT2D eigenvalue weighted by Gasteiger charge is -2.43. The van der Waals surface area contributed by atoms with E-state index in [1.165, 1.54) is 6.42 Å². The Morgan fingerprint density at radius 1 is 1.25 bits per heavy atom. The number of carbonyl (C=O) groups excluding carboxylic acids is 1. The number of ether oxygens (including phenoxy) is 1. The predicted octanol–water partition coefficient (Wildman–Crippen LogP) is 2.79. The summed E-state index contributed by atoms with van der Waals surface area (Å²) in [5.41, 5.74) is 7.40. The number of amides is 1. The van der Waals surface area contributed by atoms with Crippen molar-refractivity contribution in [2.24, 2.45) is 30.5 Å². The molecule has 1 amide bonds. The van der Waals surface area contributed by atoms with E-state index >= 15 is 0 Å². The fraction of sp³-hybridized carbons (Fsp3) is 0.545. The van der Waals surface area contributed by atoms with Gasteiger partial charge in [0.05, 0.1) is 7.11 Å². The quantitative estimate of drug-likeness (QED) is 0.833. The Bertz CT molecular complexity index is 802. The van der Waals surface area contributed by atoms with Gasteiger partial charge in [-0.2, -0.15) is 0 Å². The number of nitrogens with one attached hydrogen (secondary N) is 1. The van der Waals surface area contributed by atoms with Crippen LogP contribution in [0.2, 0.25) is 0 Å². The molecule has 2 aromatic rings. The first-order valence-corrected chi connectivity index (χ1v) is 10.2. The monoisotopic (exact) mass is 382 g/mol. The number of aromatic nitrogens is 2. The van der Waals surface area contributed by atoms with Crippen LogP contribution in [0.5, 0.6) is 5.75 Å². The Morgan fingerprint density at radius 2 is 1.93 bits per heavy atom. The summed E-state index contributed by atoms with van der Waals surface area (Å²) in [6, 6.07) is 7.80. The van der Waals surface area contributed by atoms with Crippen LogP contribution >= 0.6 is 0 Å². The third-order valence-electron chi connectivity index (χ3n) is 6.64. The standard InChI is InChI=1S/C22H30N4O2/c1-26-11-10-24-21(26)20(14-6-8-18(28-2)9-7-14)25-22(27)17-12-15-4-3-5-16(13-17)19(15)23/h6-11,15-17,19-20H,3-5,12-13,23H2,1-2H3,(H,25,27). The summed E-state index contributed by atoms with van der Waals surface area (Å²) < 4.78 is 7.23. The van der Waals surface area contributed by atoms with E-state index in [0.29, 0.717) is 11.8 Å². The van der Waals surface area contributed by atoms with Crippen LogP contribution in [0, 0.1) is 17.8 Å². The molecule has 3 N–H and O–H groups in total. The van der Waals surface area contributed by atoms with Gasteiger partial charge in [0, 0.05) is 31.4 Å². The molecule has 2 fully saturated rings. The van der Waals surface area contributed by atoms with E-state index < -0.39 is 0 Å². The molecule has 2 saturated carbocycles. The second-order valence-corrected chi connectivity index (χ2v) is 8.31. The Balaban J connectivity index is 1.55. The van der Waals surface area contributed by atoms with Crippen LogP contribution in [0.15, 0.2) is 36.7 Å². The van der Waals surface area contributed by atoms with Gasteiger partial charge >= 0.3 is 0 Å². The number of fused-ring (bicyclic) bond motifs is 2.